The number of aromatic nitrogens is 3. The van der Waals surface area contributed by atoms with Gasteiger partial charge in [0.05, 0.1) is 12.7 Å². The summed E-state index contributed by atoms with van der Waals surface area (Å²) in [4.78, 5) is 35.7. The summed E-state index contributed by atoms with van der Waals surface area (Å²) in [6.07, 6.45) is 7.72. The number of carbonyl (C=O) groups is 2. The molecule has 3 rings (SSSR count). The highest BCUT2D eigenvalue weighted by atomic mass is 19.1. The maximum Gasteiger partial charge on any atom is 0.248 e. The fraction of sp³-hybridized carbons (Fsp3) is 0.360. The summed E-state index contributed by atoms with van der Waals surface area (Å²) in [5.41, 5.74) is 1.28. The van der Waals surface area contributed by atoms with E-state index >= 15 is 0 Å². The molecular formula is C25H30F2N6O2. The second-order valence-corrected chi connectivity index (χ2v) is 8.13. The summed E-state index contributed by atoms with van der Waals surface area (Å²) in [5.74, 6) is -2.03. The predicted molar refractivity (Wildman–Crippen MR) is 130 cm³/mol. The highest BCUT2D eigenvalue weighted by Gasteiger charge is 2.21. The lowest BCUT2D eigenvalue weighted by molar-refractivity contribution is -0.126. The zero-order valence-electron chi connectivity index (χ0n) is 19.9. The minimum Gasteiger partial charge on any atom is -0.370 e. The van der Waals surface area contributed by atoms with Crippen LogP contribution in [0.4, 0.5) is 20.3 Å². The van der Waals surface area contributed by atoms with Crippen LogP contribution in [-0.4, -0.2) is 45.5 Å². The Hall–Kier alpha value is -3.82. The van der Waals surface area contributed by atoms with Crippen molar-refractivity contribution in [1.82, 2.24) is 19.9 Å². The highest BCUT2D eigenvalue weighted by Crippen LogP contribution is 2.13. The second-order valence-electron chi connectivity index (χ2n) is 8.13. The van der Waals surface area contributed by atoms with Crippen molar-refractivity contribution in [3.63, 3.8) is 0 Å². The molecule has 2 amide bonds. The summed E-state index contributed by atoms with van der Waals surface area (Å²) in [5, 5.41) is 5.40. The summed E-state index contributed by atoms with van der Waals surface area (Å²) in [7, 11) is 0. The lowest BCUT2D eigenvalue weighted by Crippen LogP contribution is -2.44. The Balaban J connectivity index is 1.55. The van der Waals surface area contributed by atoms with Gasteiger partial charge in [-0.25, -0.2) is 13.8 Å². The van der Waals surface area contributed by atoms with E-state index in [2.05, 4.69) is 32.4 Å². The molecule has 0 unspecified atom stereocenters. The number of rotatable bonds is 12. The van der Waals surface area contributed by atoms with E-state index in [0.29, 0.717) is 25.2 Å². The molecule has 0 saturated carbocycles. The van der Waals surface area contributed by atoms with Crippen LogP contribution < -0.4 is 15.5 Å². The first-order chi connectivity index (χ1) is 16.9. The molecule has 2 N–H and O–H groups in total. The molecule has 0 aliphatic heterocycles. The fourth-order valence-electron chi connectivity index (χ4n) is 3.72. The van der Waals surface area contributed by atoms with Crippen LogP contribution in [0.5, 0.6) is 0 Å². The van der Waals surface area contributed by atoms with Crippen molar-refractivity contribution in [3.8, 4) is 0 Å². The van der Waals surface area contributed by atoms with E-state index in [1.165, 1.54) is 0 Å². The summed E-state index contributed by atoms with van der Waals surface area (Å²) >= 11 is 0. The van der Waals surface area contributed by atoms with Gasteiger partial charge in [0.15, 0.2) is 5.82 Å². The molecular weight excluding hydrogens is 454 g/mol. The Morgan fingerprint density at radius 1 is 1.11 bits per heavy atom. The minimum atomic E-state index is -0.793. The van der Waals surface area contributed by atoms with Crippen LogP contribution in [0.2, 0.25) is 0 Å². The normalized spacial score (nSPS) is 11.7. The zero-order chi connectivity index (χ0) is 25.2. The topological polar surface area (TPSA) is 92.2 Å². The molecule has 3 aromatic rings. The van der Waals surface area contributed by atoms with Gasteiger partial charge in [0.1, 0.15) is 17.7 Å². The van der Waals surface area contributed by atoms with Gasteiger partial charge in [-0.3, -0.25) is 14.6 Å². The van der Waals surface area contributed by atoms with Gasteiger partial charge in [-0.1, -0.05) is 13.3 Å². The molecule has 0 saturated heterocycles. The lowest BCUT2D eigenvalue weighted by atomic mass is 10.1. The van der Waals surface area contributed by atoms with Crippen molar-refractivity contribution in [2.45, 2.75) is 45.7 Å². The fourth-order valence-corrected chi connectivity index (χ4v) is 3.72. The number of carbonyl (C=O) groups excluding carboxylic acids is 2. The Labute approximate surface area is 203 Å². The number of hydrogen-bond acceptors (Lipinski definition) is 5. The average molecular weight is 485 g/mol. The number of imidazole rings is 1. The first-order valence-corrected chi connectivity index (χ1v) is 11.6. The number of likely N-dealkylation sites (N-methyl/N-ethyl adjacent to an activating group) is 1. The molecule has 186 valence electrons. The molecule has 1 aromatic carbocycles. The van der Waals surface area contributed by atoms with Crippen LogP contribution in [0, 0.1) is 11.6 Å². The van der Waals surface area contributed by atoms with Gasteiger partial charge in [-0.15, -0.1) is 0 Å². The van der Waals surface area contributed by atoms with Crippen LogP contribution >= 0.6 is 0 Å². The number of anilines is 2. The molecule has 0 bridgehead atoms. The van der Waals surface area contributed by atoms with Crippen molar-refractivity contribution in [2.75, 3.05) is 23.3 Å². The van der Waals surface area contributed by atoms with Crippen LogP contribution in [0.1, 0.15) is 32.3 Å². The third-order valence-corrected chi connectivity index (χ3v) is 5.44. The van der Waals surface area contributed by atoms with Crippen molar-refractivity contribution >= 4 is 23.3 Å². The minimum absolute atomic E-state index is 0.197. The summed E-state index contributed by atoms with van der Waals surface area (Å²) < 4.78 is 28.7. The zero-order valence-corrected chi connectivity index (χ0v) is 19.9. The van der Waals surface area contributed by atoms with Crippen molar-refractivity contribution in [2.24, 2.45) is 0 Å². The first-order valence-electron chi connectivity index (χ1n) is 11.6. The maximum atomic E-state index is 13.4. The molecule has 1 atom stereocenters. The number of nitrogens with zero attached hydrogens (tertiary/aromatic N) is 4. The molecule has 2 aromatic heterocycles. The number of benzene rings is 1. The lowest BCUT2D eigenvalue weighted by Gasteiger charge is -2.22. The van der Waals surface area contributed by atoms with E-state index in [-0.39, 0.29) is 12.0 Å². The Kier molecular flexibility index (Phi) is 9.28. The molecule has 0 aliphatic carbocycles. The summed E-state index contributed by atoms with van der Waals surface area (Å²) in [6, 6.07) is 6.05. The van der Waals surface area contributed by atoms with Crippen molar-refractivity contribution in [1.29, 1.82) is 0 Å². The highest BCUT2D eigenvalue weighted by molar-refractivity contribution is 5.96. The van der Waals surface area contributed by atoms with Crippen LogP contribution in [-0.2, 0) is 22.6 Å². The van der Waals surface area contributed by atoms with E-state index in [0.717, 1.165) is 37.0 Å². The van der Waals surface area contributed by atoms with E-state index in [4.69, 9.17) is 0 Å². The molecule has 0 fully saturated rings. The largest absolute Gasteiger partial charge is 0.370 e. The number of halogens is 2. The standard InChI is InChI=1S/C25H30F2N6O2/c1-3-5-22(30-24(34)14-18-12-19(26)15-20(27)13-18)25(35)31-23-16-32(17-29-23)10-11-33(4-2)21-6-8-28-9-7-21/h6-9,12-13,15-17,22H,3-5,10-11,14H2,1-2H3,(H,30,34)(H,31,35)/t22-/m0/s1. The van der Waals surface area contributed by atoms with Crippen molar-refractivity contribution in [3.05, 3.63) is 72.4 Å². The Bertz CT molecular complexity index is 1100. The van der Waals surface area contributed by atoms with Gasteiger partial charge >= 0.3 is 0 Å². The number of pyridine rings is 1. The van der Waals surface area contributed by atoms with Gasteiger partial charge in [-0.05, 0) is 43.2 Å². The smallest absolute Gasteiger partial charge is 0.248 e. The maximum absolute atomic E-state index is 13.4. The van der Waals surface area contributed by atoms with Gasteiger partial charge in [0, 0.05) is 50.0 Å². The molecule has 0 spiro atoms. The average Bonchev–Trinajstić information content (AvgIpc) is 3.26. The SMILES string of the molecule is CCC[C@H](NC(=O)Cc1cc(F)cc(F)c1)C(=O)Nc1cn(CCN(CC)c2ccncc2)cn1. The quantitative estimate of drug-likeness (QED) is 0.410. The predicted octanol–water partition coefficient (Wildman–Crippen LogP) is 3.55. The first kappa shape index (κ1) is 25.8. The molecule has 2 heterocycles. The monoisotopic (exact) mass is 484 g/mol. The number of nitrogens with one attached hydrogen (secondary N) is 2. The van der Waals surface area contributed by atoms with E-state index < -0.39 is 29.5 Å². The van der Waals surface area contributed by atoms with Crippen LogP contribution in [0.15, 0.2) is 55.2 Å². The third-order valence-electron chi connectivity index (χ3n) is 5.44. The van der Waals surface area contributed by atoms with Gasteiger partial charge in [-0.2, -0.15) is 0 Å². The van der Waals surface area contributed by atoms with E-state index in [1.807, 2.05) is 23.6 Å². The number of amides is 2. The van der Waals surface area contributed by atoms with Crippen LogP contribution in [0.25, 0.3) is 0 Å². The number of hydrogen-bond donors (Lipinski definition) is 2. The Morgan fingerprint density at radius 3 is 2.49 bits per heavy atom. The summed E-state index contributed by atoms with van der Waals surface area (Å²) in [6.45, 7) is 6.22. The molecule has 35 heavy (non-hydrogen) atoms. The third kappa shape index (κ3) is 7.87. The van der Waals surface area contributed by atoms with Crippen LogP contribution in [0.3, 0.4) is 0 Å². The van der Waals surface area contributed by atoms with Crippen molar-refractivity contribution < 1.29 is 18.4 Å². The molecule has 0 radical (unpaired) electrons. The Morgan fingerprint density at radius 2 is 1.83 bits per heavy atom. The van der Waals surface area contributed by atoms with E-state index in [9.17, 15) is 18.4 Å². The molecule has 0 aliphatic rings. The second kappa shape index (κ2) is 12.6. The molecule has 8 nitrogen and oxygen atoms in total. The van der Waals surface area contributed by atoms with E-state index in [1.54, 1.807) is 24.9 Å². The van der Waals surface area contributed by atoms with Gasteiger partial charge < -0.3 is 20.1 Å². The van der Waals surface area contributed by atoms with Gasteiger partial charge in [0.2, 0.25) is 11.8 Å². The molecule has 10 heteroatoms. The van der Waals surface area contributed by atoms with Gasteiger partial charge in [0.25, 0.3) is 0 Å².